The summed E-state index contributed by atoms with van der Waals surface area (Å²) in [4.78, 5) is 0. The molecule has 0 spiro atoms. The third kappa shape index (κ3) is 5.84. The lowest BCUT2D eigenvalue weighted by molar-refractivity contribution is 0.414. The maximum Gasteiger partial charge on any atom is 0.181 e. The molecule has 0 unspecified atom stereocenters. The summed E-state index contributed by atoms with van der Waals surface area (Å²) in [6.07, 6.45) is 0. The molecule has 0 bridgehead atoms. The predicted octanol–water partition coefficient (Wildman–Crippen LogP) is 1.96. The number of thiocarbonyl (C=S) groups is 1. The molecule has 5 heteroatoms. The van der Waals surface area contributed by atoms with E-state index in [0.29, 0.717) is 11.7 Å². The van der Waals surface area contributed by atoms with Gasteiger partial charge in [-0.2, -0.15) is 0 Å². The Bertz CT molecular complexity index is 401. The predicted molar refractivity (Wildman–Crippen MR) is 78.5 cm³/mol. The second-order valence-corrected chi connectivity index (χ2v) is 5.44. The molecule has 18 heavy (non-hydrogen) atoms. The van der Waals surface area contributed by atoms with Gasteiger partial charge in [0.05, 0.1) is 7.11 Å². The lowest BCUT2D eigenvalue weighted by Crippen LogP contribution is -2.50. The number of methoxy groups -OCH3 is 1. The van der Waals surface area contributed by atoms with Crippen LogP contribution in [0.2, 0.25) is 0 Å². The summed E-state index contributed by atoms with van der Waals surface area (Å²) >= 11 is 5.16. The van der Waals surface area contributed by atoms with E-state index in [1.54, 1.807) is 7.11 Å². The van der Waals surface area contributed by atoms with Crippen LogP contribution in [0.3, 0.4) is 0 Å². The summed E-state index contributed by atoms with van der Waals surface area (Å²) in [6.45, 7) is 6.85. The molecule has 100 valence electrons. The molecule has 0 aromatic heterocycles. The highest BCUT2D eigenvalue weighted by Gasteiger charge is 2.10. The first kappa shape index (κ1) is 14.7. The van der Waals surface area contributed by atoms with Crippen molar-refractivity contribution in [1.29, 1.82) is 0 Å². The van der Waals surface area contributed by atoms with Crippen molar-refractivity contribution in [2.24, 2.45) is 0 Å². The van der Waals surface area contributed by atoms with Gasteiger partial charge < -0.3 is 10.1 Å². The minimum atomic E-state index is -0.0399. The number of benzene rings is 1. The number of ether oxygens (including phenoxy) is 1. The van der Waals surface area contributed by atoms with Gasteiger partial charge in [0.2, 0.25) is 0 Å². The molecule has 0 saturated heterocycles. The van der Waals surface area contributed by atoms with E-state index in [1.807, 2.05) is 24.3 Å². The van der Waals surface area contributed by atoms with E-state index in [1.165, 1.54) is 0 Å². The lowest BCUT2D eigenvalue weighted by atomic mass is 10.1. The van der Waals surface area contributed by atoms with Gasteiger partial charge >= 0.3 is 0 Å². The fraction of sp³-hybridized carbons (Fsp3) is 0.462. The van der Waals surface area contributed by atoms with Crippen LogP contribution in [0.4, 0.5) is 0 Å². The molecule has 0 atom stereocenters. The molecule has 3 N–H and O–H groups in total. The van der Waals surface area contributed by atoms with Crippen LogP contribution in [0.5, 0.6) is 5.75 Å². The molecule has 0 aliphatic heterocycles. The lowest BCUT2D eigenvalue weighted by Gasteiger charge is -2.23. The van der Waals surface area contributed by atoms with Gasteiger partial charge in [-0.15, -0.1) is 0 Å². The molecule has 0 amide bonds. The Hall–Kier alpha value is -1.33. The smallest absolute Gasteiger partial charge is 0.181 e. The average Bonchev–Trinajstić information content (AvgIpc) is 2.27. The molecular formula is C13H21N3OS. The zero-order valence-electron chi connectivity index (χ0n) is 11.3. The van der Waals surface area contributed by atoms with Gasteiger partial charge in [0.15, 0.2) is 5.11 Å². The van der Waals surface area contributed by atoms with Crippen LogP contribution < -0.4 is 20.9 Å². The first-order valence-corrected chi connectivity index (χ1v) is 6.25. The SMILES string of the molecule is COc1cccc(CNNC(=S)NC(C)(C)C)c1. The van der Waals surface area contributed by atoms with E-state index in [-0.39, 0.29) is 5.54 Å². The first-order chi connectivity index (χ1) is 8.40. The highest BCUT2D eigenvalue weighted by atomic mass is 32.1. The Balaban J connectivity index is 2.35. The summed E-state index contributed by atoms with van der Waals surface area (Å²) in [5.74, 6) is 0.852. The monoisotopic (exact) mass is 267 g/mol. The van der Waals surface area contributed by atoms with Crippen molar-refractivity contribution in [3.8, 4) is 5.75 Å². The minimum absolute atomic E-state index is 0.0399. The highest BCUT2D eigenvalue weighted by Crippen LogP contribution is 2.11. The van der Waals surface area contributed by atoms with Gasteiger partial charge in [0, 0.05) is 12.1 Å². The fourth-order valence-electron chi connectivity index (χ4n) is 1.38. The number of nitrogens with one attached hydrogen (secondary N) is 3. The average molecular weight is 267 g/mol. The van der Waals surface area contributed by atoms with Crippen molar-refractivity contribution in [3.63, 3.8) is 0 Å². The molecule has 0 fully saturated rings. The maximum atomic E-state index is 5.16. The van der Waals surface area contributed by atoms with Crippen molar-refractivity contribution < 1.29 is 4.74 Å². The Morgan fingerprint density at radius 2 is 2.06 bits per heavy atom. The van der Waals surface area contributed by atoms with E-state index in [4.69, 9.17) is 17.0 Å². The van der Waals surface area contributed by atoms with Crippen LogP contribution in [0.15, 0.2) is 24.3 Å². The number of rotatable bonds is 4. The molecule has 0 saturated carbocycles. The van der Waals surface area contributed by atoms with Crippen LogP contribution in [0.1, 0.15) is 26.3 Å². The molecule has 0 aliphatic rings. The Kier molecular flexibility index (Phi) is 5.37. The van der Waals surface area contributed by atoms with Crippen molar-refractivity contribution in [2.45, 2.75) is 32.9 Å². The van der Waals surface area contributed by atoms with E-state index >= 15 is 0 Å². The third-order valence-electron chi connectivity index (χ3n) is 2.12. The summed E-state index contributed by atoms with van der Waals surface area (Å²) < 4.78 is 5.16. The maximum absolute atomic E-state index is 5.16. The van der Waals surface area contributed by atoms with Crippen LogP contribution in [-0.4, -0.2) is 17.8 Å². The molecule has 0 aliphatic carbocycles. The largest absolute Gasteiger partial charge is 0.497 e. The zero-order chi connectivity index (χ0) is 13.6. The fourth-order valence-corrected chi connectivity index (χ4v) is 1.76. The van der Waals surface area contributed by atoms with Crippen molar-refractivity contribution >= 4 is 17.3 Å². The van der Waals surface area contributed by atoms with E-state index in [0.717, 1.165) is 11.3 Å². The van der Waals surface area contributed by atoms with Crippen LogP contribution in [-0.2, 0) is 6.54 Å². The number of hydrazine groups is 1. The summed E-state index contributed by atoms with van der Waals surface area (Å²) in [5, 5.41) is 3.75. The number of hydrogen-bond donors (Lipinski definition) is 3. The first-order valence-electron chi connectivity index (χ1n) is 5.84. The topological polar surface area (TPSA) is 45.3 Å². The zero-order valence-corrected chi connectivity index (χ0v) is 12.1. The van der Waals surface area contributed by atoms with Crippen molar-refractivity contribution in [2.75, 3.05) is 7.11 Å². The summed E-state index contributed by atoms with van der Waals surface area (Å²) in [5.41, 5.74) is 7.11. The summed E-state index contributed by atoms with van der Waals surface area (Å²) in [7, 11) is 1.66. The molecule has 4 nitrogen and oxygen atoms in total. The van der Waals surface area contributed by atoms with Gasteiger partial charge in [-0.25, -0.2) is 5.43 Å². The molecule has 0 heterocycles. The van der Waals surface area contributed by atoms with Gasteiger partial charge in [-0.05, 0) is 50.7 Å². The van der Waals surface area contributed by atoms with Gasteiger partial charge in [-0.1, -0.05) is 12.1 Å². The minimum Gasteiger partial charge on any atom is -0.497 e. The Morgan fingerprint density at radius 3 is 2.67 bits per heavy atom. The van der Waals surface area contributed by atoms with Crippen molar-refractivity contribution in [3.05, 3.63) is 29.8 Å². The van der Waals surface area contributed by atoms with Crippen LogP contribution >= 0.6 is 12.2 Å². The molecular weight excluding hydrogens is 246 g/mol. The normalized spacial score (nSPS) is 10.9. The Labute approximate surface area is 114 Å². The second kappa shape index (κ2) is 6.56. The van der Waals surface area contributed by atoms with Gasteiger partial charge in [0.1, 0.15) is 5.75 Å². The highest BCUT2D eigenvalue weighted by molar-refractivity contribution is 7.80. The van der Waals surface area contributed by atoms with E-state index in [2.05, 4.69) is 36.9 Å². The van der Waals surface area contributed by atoms with E-state index < -0.39 is 0 Å². The number of hydrogen-bond acceptors (Lipinski definition) is 3. The molecule has 0 radical (unpaired) electrons. The Morgan fingerprint density at radius 1 is 1.33 bits per heavy atom. The second-order valence-electron chi connectivity index (χ2n) is 5.03. The van der Waals surface area contributed by atoms with Crippen molar-refractivity contribution in [1.82, 2.24) is 16.2 Å². The summed E-state index contributed by atoms with van der Waals surface area (Å²) in [6, 6.07) is 7.89. The molecule has 1 rings (SSSR count). The molecule has 1 aromatic rings. The molecule has 1 aromatic carbocycles. The third-order valence-corrected chi connectivity index (χ3v) is 2.32. The van der Waals surface area contributed by atoms with Crippen LogP contribution in [0.25, 0.3) is 0 Å². The standard InChI is InChI=1S/C13H21N3OS/c1-13(2,3)15-12(18)16-14-9-10-6-5-7-11(8-10)17-4/h5-8,14H,9H2,1-4H3,(H2,15,16,18). The van der Waals surface area contributed by atoms with Gasteiger partial charge in [-0.3, -0.25) is 5.43 Å². The van der Waals surface area contributed by atoms with Crippen LogP contribution in [0, 0.1) is 0 Å². The van der Waals surface area contributed by atoms with E-state index in [9.17, 15) is 0 Å². The quantitative estimate of drug-likeness (QED) is 0.575. The van der Waals surface area contributed by atoms with Gasteiger partial charge in [0.25, 0.3) is 0 Å².